The first kappa shape index (κ1) is 12.7. The van der Waals surface area contributed by atoms with Crippen molar-refractivity contribution < 1.29 is 14.4 Å². The van der Waals surface area contributed by atoms with E-state index in [0.717, 1.165) is 6.20 Å². The highest BCUT2D eigenvalue weighted by molar-refractivity contribution is 8.06. The summed E-state index contributed by atoms with van der Waals surface area (Å²) >= 11 is 4.18. The molecule has 3 N–H and O–H groups in total. The van der Waals surface area contributed by atoms with E-state index in [4.69, 9.17) is 9.79 Å². The Kier molecular flexibility index (Phi) is 3.67. The van der Waals surface area contributed by atoms with Crippen LogP contribution in [-0.4, -0.2) is 19.5 Å². The van der Waals surface area contributed by atoms with Gasteiger partial charge in [0.1, 0.15) is 5.56 Å². The maximum atomic E-state index is 11.2. The summed E-state index contributed by atoms with van der Waals surface area (Å²) in [5, 5.41) is 0. The van der Waals surface area contributed by atoms with Crippen molar-refractivity contribution in [3.8, 4) is 11.8 Å². The van der Waals surface area contributed by atoms with Gasteiger partial charge in [-0.1, -0.05) is 5.92 Å². The first-order valence-electron chi connectivity index (χ1n) is 3.88. The van der Waals surface area contributed by atoms with E-state index < -0.39 is 18.0 Å². The minimum Gasteiger partial charge on any atom is -0.328 e. The smallest absolute Gasteiger partial charge is 0.328 e. The van der Waals surface area contributed by atoms with E-state index in [1.54, 1.807) is 0 Å². The Bertz CT molecular complexity index is 616. The fourth-order valence-corrected chi connectivity index (χ4v) is 1.42. The summed E-state index contributed by atoms with van der Waals surface area (Å²) in [5.41, 5.74) is -1.71. The first-order chi connectivity index (χ1) is 7.33. The minimum atomic E-state index is -4.04. The number of hydrogen-bond donors (Lipinski definition) is 3. The van der Waals surface area contributed by atoms with Crippen molar-refractivity contribution in [2.24, 2.45) is 0 Å². The zero-order chi connectivity index (χ0) is 12.3. The summed E-state index contributed by atoms with van der Waals surface area (Å²) in [6.07, 6.45) is 0.936. The Hall–Kier alpha value is -1.39. The molecule has 7 nitrogen and oxygen atoms in total. The maximum absolute atomic E-state index is 11.2. The van der Waals surface area contributed by atoms with E-state index in [1.807, 2.05) is 4.98 Å². The average Bonchev–Trinajstić information content (AvgIpc) is 2.11. The lowest BCUT2D eigenvalue weighted by Gasteiger charge is -2.10. The van der Waals surface area contributed by atoms with Gasteiger partial charge >= 0.3 is 12.4 Å². The van der Waals surface area contributed by atoms with Crippen molar-refractivity contribution >= 4 is 18.5 Å². The van der Waals surface area contributed by atoms with E-state index in [1.165, 1.54) is 6.92 Å². The molecule has 0 unspecified atom stereocenters. The van der Waals surface area contributed by atoms with E-state index in [9.17, 15) is 9.59 Å². The van der Waals surface area contributed by atoms with Gasteiger partial charge in [-0.2, -0.15) is 0 Å². The number of nitrogens with one attached hydrogen (secondary N) is 1. The van der Waals surface area contributed by atoms with Crippen LogP contribution < -0.4 is 15.9 Å². The van der Waals surface area contributed by atoms with Crippen LogP contribution in [0.25, 0.3) is 0 Å². The molecule has 9 heteroatoms. The summed E-state index contributed by atoms with van der Waals surface area (Å²) in [6, 6.07) is 0. The van der Waals surface area contributed by atoms with Gasteiger partial charge in [0, 0.05) is 11.8 Å². The second kappa shape index (κ2) is 4.63. The van der Waals surface area contributed by atoms with Crippen LogP contribution in [0.1, 0.15) is 12.5 Å². The lowest BCUT2D eigenvalue weighted by atomic mass is 10.3. The topological polar surface area (TPSA) is 105 Å². The van der Waals surface area contributed by atoms with Gasteiger partial charge in [-0.3, -0.25) is 9.78 Å². The highest BCUT2D eigenvalue weighted by Crippen LogP contribution is 2.31. The number of H-pyrrole nitrogens is 1. The van der Waals surface area contributed by atoms with Gasteiger partial charge in [-0.25, -0.2) is 4.79 Å². The SMILES string of the molecule is CC#Cc1cn(OP(O)(O)=S)c(=O)[nH]c1=O. The molecule has 0 aliphatic heterocycles. The summed E-state index contributed by atoms with van der Waals surface area (Å²) in [5.74, 6) is 4.86. The van der Waals surface area contributed by atoms with Crippen LogP contribution in [0.15, 0.2) is 15.8 Å². The molecule has 0 atom stereocenters. The fraction of sp³-hybridized carbons (Fsp3) is 0.143. The molecule has 0 fully saturated rings. The lowest BCUT2D eigenvalue weighted by molar-refractivity contribution is 0.210. The molecule has 1 rings (SSSR count). The summed E-state index contributed by atoms with van der Waals surface area (Å²) < 4.78 is 4.81. The van der Waals surface area contributed by atoms with Crippen LogP contribution in [0.3, 0.4) is 0 Å². The normalized spacial score (nSPS) is 10.4. The van der Waals surface area contributed by atoms with Crippen LogP contribution in [0, 0.1) is 11.8 Å². The number of hydrogen-bond acceptors (Lipinski definition) is 4. The third-order valence-electron chi connectivity index (χ3n) is 1.37. The van der Waals surface area contributed by atoms with Gasteiger partial charge in [-0.15, -0.1) is 10.7 Å². The predicted octanol–water partition coefficient (Wildman–Crippen LogP) is -1.45. The maximum Gasteiger partial charge on any atom is 0.395 e. The molecule has 16 heavy (non-hydrogen) atoms. The molecule has 0 radical (unpaired) electrons. The molecule has 0 spiro atoms. The zero-order valence-corrected chi connectivity index (χ0v) is 9.71. The van der Waals surface area contributed by atoms with Crippen LogP contribution >= 0.6 is 6.72 Å². The first-order valence-corrected chi connectivity index (χ1v) is 6.50. The van der Waals surface area contributed by atoms with Crippen LogP contribution in [-0.2, 0) is 11.8 Å². The van der Waals surface area contributed by atoms with E-state index in [2.05, 4.69) is 28.3 Å². The molecule has 86 valence electrons. The lowest BCUT2D eigenvalue weighted by Crippen LogP contribution is -2.33. The molecule has 0 saturated heterocycles. The van der Waals surface area contributed by atoms with E-state index in [0.29, 0.717) is 4.73 Å². The van der Waals surface area contributed by atoms with Gasteiger partial charge in [-0.05, 0) is 6.92 Å². The molecular weight excluding hydrogens is 255 g/mol. The number of aromatic amines is 1. The summed E-state index contributed by atoms with van der Waals surface area (Å²) in [4.78, 5) is 41.9. The largest absolute Gasteiger partial charge is 0.395 e. The second-order valence-corrected chi connectivity index (χ2v) is 5.15. The Balaban J connectivity index is 3.35. The van der Waals surface area contributed by atoms with Gasteiger partial charge in [0.25, 0.3) is 5.56 Å². The minimum absolute atomic E-state index is 0.0504. The van der Waals surface area contributed by atoms with Crippen molar-refractivity contribution in [1.29, 1.82) is 0 Å². The molecule has 0 saturated carbocycles. The molecule has 1 aromatic rings. The van der Waals surface area contributed by atoms with Gasteiger partial charge < -0.3 is 14.4 Å². The molecule has 1 aromatic heterocycles. The van der Waals surface area contributed by atoms with Gasteiger partial charge in [0.2, 0.25) is 0 Å². The van der Waals surface area contributed by atoms with Gasteiger partial charge in [0.15, 0.2) is 0 Å². The zero-order valence-electron chi connectivity index (χ0n) is 8.00. The van der Waals surface area contributed by atoms with E-state index >= 15 is 0 Å². The Morgan fingerprint density at radius 1 is 1.56 bits per heavy atom. The van der Waals surface area contributed by atoms with Crippen LogP contribution in [0.2, 0.25) is 0 Å². The van der Waals surface area contributed by atoms with Crippen molar-refractivity contribution in [1.82, 2.24) is 9.71 Å². The molecule has 1 heterocycles. The highest BCUT2D eigenvalue weighted by atomic mass is 32.5. The van der Waals surface area contributed by atoms with Crippen molar-refractivity contribution in [3.63, 3.8) is 0 Å². The van der Waals surface area contributed by atoms with Crippen molar-refractivity contribution in [3.05, 3.63) is 32.6 Å². The molecule has 0 amide bonds. The fourth-order valence-electron chi connectivity index (χ4n) is 0.853. The highest BCUT2D eigenvalue weighted by Gasteiger charge is 2.12. The van der Waals surface area contributed by atoms with Crippen molar-refractivity contribution in [2.75, 3.05) is 0 Å². The molecule has 0 aliphatic rings. The van der Waals surface area contributed by atoms with Crippen LogP contribution in [0.5, 0.6) is 0 Å². The second-order valence-electron chi connectivity index (χ2n) is 2.58. The van der Waals surface area contributed by atoms with Crippen molar-refractivity contribution in [2.45, 2.75) is 6.92 Å². The Morgan fingerprint density at radius 2 is 2.19 bits per heavy atom. The Labute approximate surface area is 94.5 Å². The average molecular weight is 262 g/mol. The number of aromatic nitrogens is 2. The molecule has 0 aliphatic carbocycles. The van der Waals surface area contributed by atoms with E-state index in [-0.39, 0.29) is 5.56 Å². The summed E-state index contributed by atoms with van der Waals surface area (Å²) in [7, 11) is 0. The van der Waals surface area contributed by atoms with Crippen LogP contribution in [0.4, 0.5) is 0 Å². The Morgan fingerprint density at radius 3 is 2.69 bits per heavy atom. The molecule has 0 bridgehead atoms. The standard InChI is InChI=1S/C7H7N2O5PS/c1-2-3-5-4-9(14-15(12,13)16)7(11)8-6(5)10/h4H,1H3,(H,8,10,11)(H2,12,13,16). The number of rotatable bonds is 2. The number of nitrogens with zero attached hydrogens (tertiary/aromatic N) is 1. The van der Waals surface area contributed by atoms with Gasteiger partial charge in [0.05, 0.1) is 6.20 Å². The monoisotopic (exact) mass is 262 g/mol. The quantitative estimate of drug-likeness (QED) is 0.445. The molecule has 0 aromatic carbocycles. The third-order valence-corrected chi connectivity index (χ3v) is 1.95. The predicted molar refractivity (Wildman–Crippen MR) is 59.2 cm³/mol. The molecular formula is C7H7N2O5PS. The summed E-state index contributed by atoms with van der Waals surface area (Å²) in [6.45, 7) is -2.54. The third kappa shape index (κ3) is 3.32.